The number of hydrogen-bond donors (Lipinski definition) is 3. The van der Waals surface area contributed by atoms with E-state index in [1.54, 1.807) is 13.8 Å². The van der Waals surface area contributed by atoms with Gasteiger partial charge in [-0.05, 0) is 13.8 Å². The number of aliphatic carboxylic acids is 1. The van der Waals surface area contributed by atoms with Crippen LogP contribution in [0, 0.1) is 12.3 Å². The molecule has 0 radical (unpaired) electrons. The number of nitrogens with one attached hydrogen (secondary N) is 2. The molecule has 1 aromatic heterocycles. The molecular formula is C10H14N4O4S. The normalized spacial score (nSPS) is 26.1. The average molecular weight is 286 g/mol. The van der Waals surface area contributed by atoms with Crippen LogP contribution >= 0.6 is 11.3 Å². The molecule has 2 atom stereocenters. The lowest BCUT2D eigenvalue weighted by Crippen LogP contribution is -2.50. The van der Waals surface area contributed by atoms with Crippen molar-refractivity contribution in [2.75, 3.05) is 18.5 Å². The molecule has 104 valence electrons. The first kappa shape index (κ1) is 13.7. The fraction of sp³-hybridized carbons (Fsp3) is 0.600. The summed E-state index contributed by atoms with van der Waals surface area (Å²) in [5.41, 5.74) is -1.12. The Kier molecular flexibility index (Phi) is 3.67. The van der Waals surface area contributed by atoms with Crippen molar-refractivity contribution >= 4 is 28.5 Å². The van der Waals surface area contributed by atoms with E-state index in [1.165, 1.54) is 11.3 Å². The van der Waals surface area contributed by atoms with Gasteiger partial charge in [0.05, 0.1) is 19.3 Å². The second-order valence-corrected chi connectivity index (χ2v) is 5.70. The molecule has 2 unspecified atom stereocenters. The van der Waals surface area contributed by atoms with Crippen LogP contribution in [-0.4, -0.2) is 46.6 Å². The third kappa shape index (κ3) is 2.82. The van der Waals surface area contributed by atoms with Gasteiger partial charge in [-0.25, -0.2) is 4.79 Å². The number of ether oxygens (including phenoxy) is 1. The van der Waals surface area contributed by atoms with Crippen molar-refractivity contribution in [3.8, 4) is 0 Å². The number of anilines is 1. The van der Waals surface area contributed by atoms with Gasteiger partial charge in [0.15, 0.2) is 0 Å². The quantitative estimate of drug-likeness (QED) is 0.743. The molecule has 1 saturated heterocycles. The largest absolute Gasteiger partial charge is 0.481 e. The number of carboxylic acids is 1. The SMILES string of the molecule is Cc1nnc(NC(=O)NC2COCC2(C)C(=O)O)s1. The molecule has 2 heterocycles. The van der Waals surface area contributed by atoms with Gasteiger partial charge < -0.3 is 15.2 Å². The van der Waals surface area contributed by atoms with Gasteiger partial charge in [0.1, 0.15) is 10.4 Å². The molecule has 1 aromatic rings. The molecule has 0 bridgehead atoms. The molecule has 2 amide bonds. The summed E-state index contributed by atoms with van der Waals surface area (Å²) in [7, 11) is 0. The molecule has 2 rings (SSSR count). The number of nitrogens with zero attached hydrogens (tertiary/aromatic N) is 2. The minimum atomic E-state index is -1.12. The van der Waals surface area contributed by atoms with Crippen molar-refractivity contribution in [2.45, 2.75) is 19.9 Å². The smallest absolute Gasteiger partial charge is 0.321 e. The van der Waals surface area contributed by atoms with Gasteiger partial charge in [0.25, 0.3) is 0 Å². The first-order chi connectivity index (χ1) is 8.91. The van der Waals surface area contributed by atoms with Crippen LogP contribution in [-0.2, 0) is 9.53 Å². The zero-order valence-corrected chi connectivity index (χ0v) is 11.3. The number of carboxylic acid groups (broad SMARTS) is 1. The first-order valence-electron chi connectivity index (χ1n) is 5.60. The van der Waals surface area contributed by atoms with Crippen molar-refractivity contribution in [3.05, 3.63) is 5.01 Å². The second-order valence-electron chi connectivity index (χ2n) is 4.52. The van der Waals surface area contributed by atoms with Crippen LogP contribution in [0.15, 0.2) is 0 Å². The number of hydrogen-bond acceptors (Lipinski definition) is 6. The lowest BCUT2D eigenvalue weighted by molar-refractivity contribution is -0.148. The van der Waals surface area contributed by atoms with Gasteiger partial charge in [-0.3, -0.25) is 10.1 Å². The minimum absolute atomic E-state index is 0.0746. The van der Waals surface area contributed by atoms with Gasteiger partial charge in [-0.1, -0.05) is 11.3 Å². The summed E-state index contributed by atoms with van der Waals surface area (Å²) in [6, 6.07) is -1.10. The fourth-order valence-corrected chi connectivity index (χ4v) is 2.31. The van der Waals surface area contributed by atoms with Crippen molar-refractivity contribution < 1.29 is 19.4 Å². The maximum absolute atomic E-state index is 11.8. The second kappa shape index (κ2) is 5.10. The van der Waals surface area contributed by atoms with Gasteiger partial charge in [0.2, 0.25) is 5.13 Å². The summed E-state index contributed by atoms with van der Waals surface area (Å²) in [6.45, 7) is 3.56. The van der Waals surface area contributed by atoms with Crippen LogP contribution in [0.4, 0.5) is 9.93 Å². The zero-order valence-electron chi connectivity index (χ0n) is 10.5. The van der Waals surface area contributed by atoms with E-state index in [9.17, 15) is 14.7 Å². The zero-order chi connectivity index (χ0) is 14.0. The molecule has 0 saturated carbocycles. The van der Waals surface area contributed by atoms with Gasteiger partial charge >= 0.3 is 12.0 Å². The lowest BCUT2D eigenvalue weighted by Gasteiger charge is -2.25. The van der Waals surface area contributed by atoms with Gasteiger partial charge in [-0.2, -0.15) is 0 Å². The highest BCUT2D eigenvalue weighted by Gasteiger charge is 2.47. The molecule has 3 N–H and O–H groups in total. The van der Waals surface area contributed by atoms with E-state index in [-0.39, 0.29) is 13.2 Å². The maximum atomic E-state index is 11.8. The Hall–Kier alpha value is -1.74. The molecule has 9 heteroatoms. The maximum Gasteiger partial charge on any atom is 0.321 e. The Morgan fingerprint density at radius 2 is 2.26 bits per heavy atom. The molecule has 1 aliphatic heterocycles. The Morgan fingerprint density at radius 3 is 2.84 bits per heavy atom. The Morgan fingerprint density at radius 1 is 1.53 bits per heavy atom. The molecule has 0 aliphatic carbocycles. The molecular weight excluding hydrogens is 272 g/mol. The average Bonchev–Trinajstić information content (AvgIpc) is 2.87. The summed E-state index contributed by atoms with van der Waals surface area (Å²) in [6.07, 6.45) is 0. The van der Waals surface area contributed by atoms with Crippen LogP contribution in [0.25, 0.3) is 0 Å². The third-order valence-corrected chi connectivity index (χ3v) is 3.75. The van der Waals surface area contributed by atoms with Crippen LogP contribution in [0.3, 0.4) is 0 Å². The predicted molar refractivity (Wildman–Crippen MR) is 67.2 cm³/mol. The highest BCUT2D eigenvalue weighted by Crippen LogP contribution is 2.28. The number of carbonyl (C=O) groups is 2. The number of rotatable bonds is 3. The predicted octanol–water partition coefficient (Wildman–Crippen LogP) is 0.458. The lowest BCUT2D eigenvalue weighted by atomic mass is 9.85. The van der Waals surface area contributed by atoms with Crippen molar-refractivity contribution in [1.29, 1.82) is 0 Å². The van der Waals surface area contributed by atoms with Crippen LogP contribution < -0.4 is 10.6 Å². The first-order valence-corrected chi connectivity index (χ1v) is 6.42. The van der Waals surface area contributed by atoms with Crippen molar-refractivity contribution in [3.63, 3.8) is 0 Å². The summed E-state index contributed by atoms with van der Waals surface area (Å²) >= 11 is 1.24. The van der Waals surface area contributed by atoms with Crippen molar-refractivity contribution in [1.82, 2.24) is 15.5 Å². The Balaban J connectivity index is 1.97. The van der Waals surface area contributed by atoms with E-state index in [0.29, 0.717) is 5.13 Å². The van der Waals surface area contributed by atoms with E-state index < -0.39 is 23.5 Å². The Labute approximate surface area is 113 Å². The molecule has 0 spiro atoms. The third-order valence-electron chi connectivity index (χ3n) is 3.00. The monoisotopic (exact) mass is 286 g/mol. The van der Waals surface area contributed by atoms with Crippen molar-refractivity contribution in [2.24, 2.45) is 5.41 Å². The molecule has 19 heavy (non-hydrogen) atoms. The topological polar surface area (TPSA) is 113 Å². The van der Waals surface area contributed by atoms with Crippen LogP contribution in [0.2, 0.25) is 0 Å². The van der Waals surface area contributed by atoms with E-state index in [2.05, 4.69) is 20.8 Å². The fourth-order valence-electron chi connectivity index (χ4n) is 1.72. The summed E-state index contributed by atoms with van der Waals surface area (Å²) in [4.78, 5) is 23.0. The highest BCUT2D eigenvalue weighted by atomic mass is 32.1. The minimum Gasteiger partial charge on any atom is -0.481 e. The number of urea groups is 1. The Bertz CT molecular complexity index is 505. The molecule has 0 aromatic carbocycles. The summed E-state index contributed by atoms with van der Waals surface area (Å²) in [5.74, 6) is -0.998. The number of aromatic nitrogens is 2. The molecule has 8 nitrogen and oxygen atoms in total. The van der Waals surface area contributed by atoms with Gasteiger partial charge in [0, 0.05) is 0 Å². The summed E-state index contributed by atoms with van der Waals surface area (Å²) < 4.78 is 5.14. The van der Waals surface area contributed by atoms with E-state index >= 15 is 0 Å². The number of aryl methyl sites for hydroxylation is 1. The van der Waals surface area contributed by atoms with Gasteiger partial charge in [-0.15, -0.1) is 10.2 Å². The van der Waals surface area contributed by atoms with E-state index in [0.717, 1.165) is 5.01 Å². The number of amides is 2. The van der Waals surface area contributed by atoms with E-state index in [1.807, 2.05) is 0 Å². The summed E-state index contributed by atoms with van der Waals surface area (Å²) in [5, 5.41) is 22.9. The standard InChI is InChI=1S/C10H14N4O4S/c1-5-13-14-9(19-5)12-8(17)11-6-3-18-4-10(6,2)7(15)16/h6H,3-4H2,1-2H3,(H,15,16)(H2,11,12,14,17). The molecule has 1 aliphatic rings. The number of carbonyl (C=O) groups excluding carboxylic acids is 1. The van der Waals surface area contributed by atoms with Crippen LogP contribution in [0.1, 0.15) is 11.9 Å². The molecule has 1 fully saturated rings. The van der Waals surface area contributed by atoms with Crippen LogP contribution in [0.5, 0.6) is 0 Å². The highest BCUT2D eigenvalue weighted by molar-refractivity contribution is 7.15. The van der Waals surface area contributed by atoms with E-state index in [4.69, 9.17) is 4.74 Å².